The molecule has 2 rings (SSSR count). The third kappa shape index (κ3) is 4.14. The summed E-state index contributed by atoms with van der Waals surface area (Å²) in [7, 11) is 5.05. The molecule has 8 heteroatoms. The summed E-state index contributed by atoms with van der Waals surface area (Å²) in [5.41, 5.74) is 1.15. The minimum Gasteiger partial charge on any atom is -0.493 e. The Morgan fingerprint density at radius 3 is 2.68 bits per heavy atom. The van der Waals surface area contributed by atoms with E-state index in [1.165, 1.54) is 0 Å². The summed E-state index contributed by atoms with van der Waals surface area (Å²) < 4.78 is 12.1. The van der Waals surface area contributed by atoms with Crippen molar-refractivity contribution in [3.63, 3.8) is 0 Å². The van der Waals surface area contributed by atoms with Gasteiger partial charge in [0.1, 0.15) is 0 Å². The molecular weight excluding hydrogens is 302 g/mol. The predicted octanol–water partition coefficient (Wildman–Crippen LogP) is 0.929. The van der Waals surface area contributed by atoms with Gasteiger partial charge in [-0.25, -0.2) is 4.68 Å². The summed E-state index contributed by atoms with van der Waals surface area (Å²) in [6.45, 7) is 0.736. The Balaban J connectivity index is 1.83. The van der Waals surface area contributed by atoms with Crippen LogP contribution in [0.4, 0.5) is 0 Å². The zero-order valence-corrected chi connectivity index (χ0v) is 13.7. The van der Waals surface area contributed by atoms with Gasteiger partial charge in [0.25, 0.3) is 0 Å². The van der Waals surface area contributed by atoms with Gasteiger partial charge in [-0.15, -0.1) is 5.10 Å². The molecule has 0 saturated heterocycles. The van der Waals surface area contributed by atoms with Crippen molar-refractivity contribution in [2.75, 3.05) is 20.8 Å². The Bertz CT molecular complexity index is 644. The van der Waals surface area contributed by atoms with E-state index in [4.69, 9.17) is 21.7 Å². The summed E-state index contributed by atoms with van der Waals surface area (Å²) in [5, 5.41) is 14.5. The third-order valence-corrected chi connectivity index (χ3v) is 3.50. The van der Waals surface area contributed by atoms with Gasteiger partial charge in [-0.05, 0) is 34.5 Å². The van der Waals surface area contributed by atoms with Crippen LogP contribution in [0.3, 0.4) is 0 Å². The van der Waals surface area contributed by atoms with E-state index in [9.17, 15) is 0 Å². The first-order chi connectivity index (χ1) is 10.6. The molecule has 1 N–H and O–H groups in total. The van der Waals surface area contributed by atoms with Crippen molar-refractivity contribution in [1.29, 1.82) is 0 Å². The van der Waals surface area contributed by atoms with Gasteiger partial charge in [0.05, 0.1) is 25.6 Å². The number of benzene rings is 1. The maximum absolute atomic E-state index is 5.30. The summed E-state index contributed by atoms with van der Waals surface area (Å²) in [4.78, 5) is 0.721. The molecule has 0 aliphatic heterocycles. The van der Waals surface area contributed by atoms with Crippen molar-refractivity contribution < 1.29 is 9.47 Å². The molecule has 1 heterocycles. The highest BCUT2D eigenvalue weighted by Gasteiger charge is 2.07. The van der Waals surface area contributed by atoms with E-state index in [2.05, 4.69) is 20.8 Å². The van der Waals surface area contributed by atoms with E-state index in [1.54, 1.807) is 25.9 Å². The number of ether oxygens (including phenoxy) is 2. The number of aryl methyl sites for hydroxylation is 1. The third-order valence-electron chi connectivity index (χ3n) is 3.21. The molecule has 118 valence electrons. The van der Waals surface area contributed by atoms with Crippen LogP contribution in [0, 0.1) is 0 Å². The molecule has 1 aromatic carbocycles. The van der Waals surface area contributed by atoms with Crippen molar-refractivity contribution in [1.82, 2.24) is 25.5 Å². The van der Waals surface area contributed by atoms with Crippen LogP contribution in [0.5, 0.6) is 11.5 Å². The van der Waals surface area contributed by atoms with Gasteiger partial charge < -0.3 is 14.8 Å². The maximum Gasteiger partial charge on any atom is 0.160 e. The summed E-state index contributed by atoms with van der Waals surface area (Å²) in [6, 6.07) is 5.88. The Morgan fingerprint density at radius 1 is 1.27 bits per heavy atom. The fourth-order valence-electron chi connectivity index (χ4n) is 1.99. The van der Waals surface area contributed by atoms with Gasteiger partial charge in [0.15, 0.2) is 17.3 Å². The van der Waals surface area contributed by atoms with E-state index < -0.39 is 0 Å². The van der Waals surface area contributed by atoms with Crippen molar-refractivity contribution in [3.8, 4) is 11.5 Å². The molecule has 22 heavy (non-hydrogen) atoms. The first-order valence-electron chi connectivity index (χ1n) is 6.83. The van der Waals surface area contributed by atoms with Crippen molar-refractivity contribution in [2.24, 2.45) is 7.05 Å². The van der Waals surface area contributed by atoms with E-state index >= 15 is 0 Å². The van der Waals surface area contributed by atoms with Crippen LogP contribution in [0.15, 0.2) is 18.2 Å². The first-order valence-corrected chi connectivity index (χ1v) is 7.23. The number of tetrazole rings is 1. The van der Waals surface area contributed by atoms with Crippen molar-refractivity contribution >= 4 is 17.2 Å². The molecule has 0 amide bonds. The van der Waals surface area contributed by atoms with E-state index in [0.717, 1.165) is 40.8 Å². The number of hydrogen-bond donors (Lipinski definition) is 1. The second-order valence-electron chi connectivity index (χ2n) is 4.68. The van der Waals surface area contributed by atoms with Crippen molar-refractivity contribution in [2.45, 2.75) is 12.8 Å². The van der Waals surface area contributed by atoms with Crippen LogP contribution >= 0.6 is 12.2 Å². The van der Waals surface area contributed by atoms with Crippen LogP contribution in [0.25, 0.3) is 0 Å². The Morgan fingerprint density at radius 2 is 2.05 bits per heavy atom. The molecule has 0 fully saturated rings. The van der Waals surface area contributed by atoms with Crippen LogP contribution in [-0.2, 0) is 19.9 Å². The molecule has 2 aromatic rings. The smallest absolute Gasteiger partial charge is 0.160 e. The van der Waals surface area contributed by atoms with Crippen LogP contribution in [0.1, 0.15) is 11.4 Å². The highest BCUT2D eigenvalue weighted by Crippen LogP contribution is 2.27. The minimum absolute atomic E-state index is 0.533. The Kier molecular flexibility index (Phi) is 5.65. The number of nitrogens with one attached hydrogen (secondary N) is 1. The molecule has 0 aliphatic carbocycles. The van der Waals surface area contributed by atoms with Gasteiger partial charge in [0, 0.05) is 13.6 Å². The summed E-state index contributed by atoms with van der Waals surface area (Å²) >= 11 is 5.30. The van der Waals surface area contributed by atoms with Gasteiger partial charge >= 0.3 is 0 Å². The number of rotatable bonds is 7. The standard InChI is InChI=1S/C14H19N5O2S/c1-19-13(16-17-18-19)9-14(22)15-7-6-10-4-5-11(20-2)12(8-10)21-3/h4-5,8H,6-7,9H2,1-3H3,(H,15,22). The summed E-state index contributed by atoms with van der Waals surface area (Å²) in [6.07, 6.45) is 1.36. The molecule has 0 saturated carbocycles. The molecule has 0 radical (unpaired) electrons. The van der Waals surface area contributed by atoms with Gasteiger partial charge in [-0.2, -0.15) is 0 Å². The highest BCUT2D eigenvalue weighted by molar-refractivity contribution is 7.80. The second kappa shape index (κ2) is 7.69. The van der Waals surface area contributed by atoms with E-state index in [-0.39, 0.29) is 0 Å². The fourth-order valence-corrected chi connectivity index (χ4v) is 2.22. The van der Waals surface area contributed by atoms with E-state index in [0.29, 0.717) is 6.42 Å². The predicted molar refractivity (Wildman–Crippen MR) is 86.4 cm³/mol. The number of aromatic nitrogens is 4. The average molecular weight is 321 g/mol. The largest absolute Gasteiger partial charge is 0.493 e. The number of nitrogens with zero attached hydrogens (tertiary/aromatic N) is 4. The molecule has 7 nitrogen and oxygen atoms in total. The zero-order valence-electron chi connectivity index (χ0n) is 12.9. The Labute approximate surface area is 134 Å². The quantitative estimate of drug-likeness (QED) is 0.760. The van der Waals surface area contributed by atoms with Gasteiger partial charge in [0.2, 0.25) is 0 Å². The van der Waals surface area contributed by atoms with Crippen molar-refractivity contribution in [3.05, 3.63) is 29.6 Å². The number of thiocarbonyl (C=S) groups is 1. The summed E-state index contributed by atoms with van der Waals surface area (Å²) in [5.74, 6) is 2.20. The molecular formula is C14H19N5O2S. The van der Waals surface area contributed by atoms with Gasteiger partial charge in [-0.1, -0.05) is 18.3 Å². The highest BCUT2D eigenvalue weighted by atomic mass is 32.1. The normalized spacial score (nSPS) is 10.3. The molecule has 0 bridgehead atoms. The van der Waals surface area contributed by atoms with E-state index in [1.807, 2.05) is 18.2 Å². The average Bonchev–Trinajstić information content (AvgIpc) is 2.92. The van der Waals surface area contributed by atoms with Crippen LogP contribution in [0.2, 0.25) is 0 Å². The fraction of sp³-hybridized carbons (Fsp3) is 0.429. The number of methoxy groups -OCH3 is 2. The molecule has 0 atom stereocenters. The topological polar surface area (TPSA) is 74.1 Å². The SMILES string of the molecule is COc1ccc(CCNC(=S)Cc2nnnn2C)cc1OC. The minimum atomic E-state index is 0.533. The first kappa shape index (κ1) is 16.2. The molecule has 1 aromatic heterocycles. The molecule has 0 aliphatic rings. The Hall–Kier alpha value is -2.22. The number of hydrogen-bond acceptors (Lipinski definition) is 6. The lowest BCUT2D eigenvalue weighted by molar-refractivity contribution is 0.354. The van der Waals surface area contributed by atoms with Crippen LogP contribution < -0.4 is 14.8 Å². The molecule has 0 unspecified atom stereocenters. The molecule has 0 spiro atoms. The van der Waals surface area contributed by atoms with Gasteiger partial charge in [-0.3, -0.25) is 0 Å². The lowest BCUT2D eigenvalue weighted by Gasteiger charge is -2.10. The lowest BCUT2D eigenvalue weighted by Crippen LogP contribution is -2.26. The zero-order chi connectivity index (χ0) is 15.9. The lowest BCUT2D eigenvalue weighted by atomic mass is 10.1. The maximum atomic E-state index is 5.30. The van der Waals surface area contributed by atoms with Crippen LogP contribution in [-0.4, -0.2) is 46.0 Å². The second-order valence-corrected chi connectivity index (χ2v) is 5.18. The monoisotopic (exact) mass is 321 g/mol.